The van der Waals surface area contributed by atoms with E-state index in [9.17, 15) is 18.0 Å². The Labute approximate surface area is 201 Å². The van der Waals surface area contributed by atoms with E-state index < -0.39 is 23.8 Å². The van der Waals surface area contributed by atoms with Crippen molar-refractivity contribution >= 4 is 28.3 Å². The van der Waals surface area contributed by atoms with Crippen LogP contribution in [-0.2, 0) is 4.79 Å². The highest BCUT2D eigenvalue weighted by Crippen LogP contribution is 2.35. The number of hydrogen-bond acceptors (Lipinski definition) is 6. The number of fused-ring (bicyclic) bond motifs is 1. The number of rotatable bonds is 6. The summed E-state index contributed by atoms with van der Waals surface area (Å²) in [5.41, 5.74) is 1.57. The zero-order valence-electron chi connectivity index (χ0n) is 19.9. The molecule has 0 spiro atoms. The number of methoxy groups -OCH3 is 1. The molecule has 2 aromatic heterocycles. The molecule has 184 valence electrons. The van der Waals surface area contributed by atoms with E-state index >= 15 is 0 Å². The summed E-state index contributed by atoms with van der Waals surface area (Å²) in [4.78, 5) is 26.9. The summed E-state index contributed by atoms with van der Waals surface area (Å²) in [5, 5.41) is 3.73. The zero-order chi connectivity index (χ0) is 25.3. The number of anilines is 1. The van der Waals surface area contributed by atoms with E-state index in [1.807, 2.05) is 12.1 Å². The minimum Gasteiger partial charge on any atom is -0.481 e. The van der Waals surface area contributed by atoms with Gasteiger partial charge in [0, 0.05) is 31.1 Å². The fourth-order valence-electron chi connectivity index (χ4n) is 4.20. The van der Waals surface area contributed by atoms with Crippen LogP contribution < -0.4 is 10.1 Å². The second-order valence-corrected chi connectivity index (χ2v) is 8.40. The monoisotopic (exact) mass is 485 g/mol. The molecule has 1 aromatic carbocycles. The SMILES string of the molecule is COc1nc2nc(C)nc(N[C@H](C)c3cccc(C(F)F)c3F)c2cc1C1=CCN(C(C)=O)CC1. The molecule has 3 heterocycles. The number of hydrogen-bond donors (Lipinski definition) is 1. The van der Waals surface area contributed by atoms with Gasteiger partial charge in [-0.25, -0.2) is 23.1 Å². The summed E-state index contributed by atoms with van der Waals surface area (Å²) < 4.78 is 46.7. The van der Waals surface area contributed by atoms with Gasteiger partial charge < -0.3 is 15.0 Å². The van der Waals surface area contributed by atoms with Crippen LogP contribution in [0.2, 0.25) is 0 Å². The highest BCUT2D eigenvalue weighted by molar-refractivity contribution is 5.91. The first-order chi connectivity index (χ1) is 16.7. The highest BCUT2D eigenvalue weighted by atomic mass is 19.3. The summed E-state index contributed by atoms with van der Waals surface area (Å²) >= 11 is 0. The Hall–Kier alpha value is -3.69. The molecule has 1 aliphatic rings. The van der Waals surface area contributed by atoms with Crippen molar-refractivity contribution in [2.45, 2.75) is 39.7 Å². The van der Waals surface area contributed by atoms with E-state index in [-0.39, 0.29) is 11.5 Å². The highest BCUT2D eigenvalue weighted by Gasteiger charge is 2.23. The lowest BCUT2D eigenvalue weighted by atomic mass is 9.99. The van der Waals surface area contributed by atoms with Crippen LogP contribution in [0.4, 0.5) is 19.0 Å². The number of ether oxygens (including phenoxy) is 1. The number of alkyl halides is 2. The second kappa shape index (κ2) is 9.89. The number of nitrogens with one attached hydrogen (secondary N) is 1. The van der Waals surface area contributed by atoms with Gasteiger partial charge in [0.1, 0.15) is 17.5 Å². The predicted octanol–water partition coefficient (Wildman–Crippen LogP) is 5.23. The molecule has 0 saturated carbocycles. The molecule has 0 fully saturated rings. The molecule has 3 aromatic rings. The number of pyridine rings is 1. The van der Waals surface area contributed by atoms with Gasteiger partial charge in [-0.05, 0) is 31.9 Å². The number of nitrogens with zero attached hydrogens (tertiary/aromatic N) is 4. The normalized spacial score (nSPS) is 14.7. The summed E-state index contributed by atoms with van der Waals surface area (Å²) in [6.45, 7) is 5.98. The number of aromatic nitrogens is 3. The van der Waals surface area contributed by atoms with Crippen LogP contribution in [0.5, 0.6) is 5.88 Å². The van der Waals surface area contributed by atoms with Crippen LogP contribution in [0.25, 0.3) is 16.6 Å². The molecule has 0 aliphatic carbocycles. The van der Waals surface area contributed by atoms with Crippen LogP contribution >= 0.6 is 0 Å². The molecule has 0 bridgehead atoms. The molecule has 10 heteroatoms. The Morgan fingerprint density at radius 1 is 1.20 bits per heavy atom. The molecule has 0 radical (unpaired) electrons. The molecule has 0 saturated heterocycles. The van der Waals surface area contributed by atoms with Crippen molar-refractivity contribution in [2.75, 3.05) is 25.5 Å². The number of aryl methyl sites for hydroxylation is 1. The van der Waals surface area contributed by atoms with Crippen molar-refractivity contribution < 1.29 is 22.7 Å². The molecular formula is C25H26F3N5O2. The first kappa shape index (κ1) is 24.4. The largest absolute Gasteiger partial charge is 0.481 e. The lowest BCUT2D eigenvalue weighted by Gasteiger charge is -2.26. The average Bonchev–Trinajstić information content (AvgIpc) is 2.83. The van der Waals surface area contributed by atoms with E-state index in [0.29, 0.717) is 48.1 Å². The van der Waals surface area contributed by atoms with Crippen molar-refractivity contribution in [3.8, 4) is 5.88 Å². The van der Waals surface area contributed by atoms with Gasteiger partial charge in [-0.1, -0.05) is 24.3 Å². The topological polar surface area (TPSA) is 80.2 Å². The summed E-state index contributed by atoms with van der Waals surface area (Å²) in [6.07, 6.45) is -0.321. The predicted molar refractivity (Wildman–Crippen MR) is 127 cm³/mol. The van der Waals surface area contributed by atoms with Crippen molar-refractivity contribution in [3.05, 3.63) is 58.7 Å². The number of amides is 1. The molecule has 1 N–H and O–H groups in total. The minimum absolute atomic E-state index is 0.0105. The quantitative estimate of drug-likeness (QED) is 0.515. The summed E-state index contributed by atoms with van der Waals surface area (Å²) in [6, 6.07) is 5.15. The van der Waals surface area contributed by atoms with Crippen LogP contribution in [0.15, 0.2) is 30.3 Å². The van der Waals surface area contributed by atoms with Gasteiger partial charge in [0.25, 0.3) is 6.43 Å². The molecular weight excluding hydrogens is 459 g/mol. The van der Waals surface area contributed by atoms with Crippen molar-refractivity contribution in [2.24, 2.45) is 0 Å². The average molecular weight is 486 g/mol. The maximum Gasteiger partial charge on any atom is 0.266 e. The fraction of sp³-hybridized carbons (Fsp3) is 0.360. The number of carbonyl (C=O) groups is 1. The van der Waals surface area contributed by atoms with E-state index in [1.54, 1.807) is 18.7 Å². The molecule has 1 aliphatic heterocycles. The number of carbonyl (C=O) groups excluding carboxylic acids is 1. The third-order valence-electron chi connectivity index (χ3n) is 6.07. The zero-order valence-corrected chi connectivity index (χ0v) is 19.9. The van der Waals surface area contributed by atoms with Gasteiger partial charge in [-0.2, -0.15) is 4.98 Å². The second-order valence-electron chi connectivity index (χ2n) is 8.40. The Kier molecular flexibility index (Phi) is 6.90. The van der Waals surface area contributed by atoms with Crippen LogP contribution in [0.1, 0.15) is 55.3 Å². The van der Waals surface area contributed by atoms with Gasteiger partial charge in [-0.15, -0.1) is 0 Å². The number of benzene rings is 1. The summed E-state index contributed by atoms with van der Waals surface area (Å²) in [5.74, 6) is 0.301. The minimum atomic E-state index is -2.91. The van der Waals surface area contributed by atoms with Gasteiger partial charge in [0.05, 0.1) is 24.1 Å². The van der Waals surface area contributed by atoms with Crippen LogP contribution in [0, 0.1) is 12.7 Å². The lowest BCUT2D eigenvalue weighted by molar-refractivity contribution is -0.128. The van der Waals surface area contributed by atoms with Gasteiger partial charge in [0.15, 0.2) is 5.65 Å². The number of halogens is 3. The Bertz CT molecular complexity index is 1310. The van der Waals surface area contributed by atoms with Crippen molar-refractivity contribution in [1.82, 2.24) is 19.9 Å². The lowest BCUT2D eigenvalue weighted by Crippen LogP contribution is -2.32. The van der Waals surface area contributed by atoms with Crippen LogP contribution in [0.3, 0.4) is 0 Å². The van der Waals surface area contributed by atoms with Gasteiger partial charge in [0.2, 0.25) is 11.8 Å². The fourth-order valence-corrected chi connectivity index (χ4v) is 4.20. The third kappa shape index (κ3) is 4.91. The smallest absolute Gasteiger partial charge is 0.266 e. The van der Waals surface area contributed by atoms with Crippen molar-refractivity contribution in [3.63, 3.8) is 0 Å². The van der Waals surface area contributed by atoms with E-state index in [0.717, 1.165) is 17.2 Å². The molecule has 0 unspecified atom stereocenters. The Morgan fingerprint density at radius 3 is 2.57 bits per heavy atom. The maximum atomic E-state index is 14.7. The first-order valence-electron chi connectivity index (χ1n) is 11.2. The van der Waals surface area contributed by atoms with E-state index in [2.05, 4.69) is 20.3 Å². The van der Waals surface area contributed by atoms with Gasteiger partial charge in [-0.3, -0.25) is 4.79 Å². The summed E-state index contributed by atoms with van der Waals surface area (Å²) in [7, 11) is 1.52. The van der Waals surface area contributed by atoms with Crippen LogP contribution in [-0.4, -0.2) is 46.0 Å². The maximum absolute atomic E-state index is 14.7. The molecule has 35 heavy (non-hydrogen) atoms. The van der Waals surface area contributed by atoms with Gasteiger partial charge >= 0.3 is 0 Å². The van der Waals surface area contributed by atoms with E-state index in [4.69, 9.17) is 4.74 Å². The molecule has 1 amide bonds. The molecule has 7 nitrogen and oxygen atoms in total. The Balaban J connectivity index is 1.76. The molecule has 1 atom stereocenters. The Morgan fingerprint density at radius 2 is 1.94 bits per heavy atom. The molecule has 4 rings (SSSR count). The third-order valence-corrected chi connectivity index (χ3v) is 6.07. The standard InChI is InChI=1S/C25H26F3N5O2/c1-13(17-6-5-7-18(21(17)26)22(27)28)29-23-20-12-19(16-8-10-33(11-9-16)15(3)34)25(35-4)32-24(20)31-14(2)30-23/h5-8,12-13,22H,9-11H2,1-4H3,(H,29,30,31,32)/t13-/m1/s1. The van der Waals surface area contributed by atoms with Crippen molar-refractivity contribution in [1.29, 1.82) is 0 Å². The first-order valence-corrected chi connectivity index (χ1v) is 11.2. The van der Waals surface area contributed by atoms with E-state index in [1.165, 1.54) is 26.2 Å².